The van der Waals surface area contributed by atoms with Gasteiger partial charge in [0.2, 0.25) is 5.91 Å². The van der Waals surface area contributed by atoms with Crippen LogP contribution in [0.3, 0.4) is 0 Å². The summed E-state index contributed by atoms with van der Waals surface area (Å²) < 4.78 is 15.5. The van der Waals surface area contributed by atoms with Gasteiger partial charge in [-0.1, -0.05) is 24.8 Å². The second kappa shape index (κ2) is 9.44. The molecule has 2 heterocycles. The van der Waals surface area contributed by atoms with Crippen molar-refractivity contribution >= 4 is 50.6 Å². The highest BCUT2D eigenvalue weighted by Crippen LogP contribution is 2.36. The smallest absolute Gasteiger partial charge is 0.271 e. The van der Waals surface area contributed by atoms with Crippen molar-refractivity contribution < 1.29 is 14.1 Å². The first kappa shape index (κ1) is 23.1. The number of fused-ring (bicyclic) bond motifs is 3. The van der Waals surface area contributed by atoms with E-state index in [1.165, 1.54) is 20.8 Å². The molecule has 1 N–H and O–H groups in total. The van der Waals surface area contributed by atoms with Gasteiger partial charge in [0.1, 0.15) is 10.6 Å². The fourth-order valence-corrected chi connectivity index (χ4v) is 6.08. The molecule has 11 heteroatoms. The normalized spacial score (nSPS) is 15.3. The van der Waals surface area contributed by atoms with E-state index in [-0.39, 0.29) is 29.2 Å². The van der Waals surface area contributed by atoms with Crippen LogP contribution < -0.4 is 10.9 Å². The van der Waals surface area contributed by atoms with E-state index in [1.807, 2.05) is 0 Å². The van der Waals surface area contributed by atoms with E-state index >= 15 is 0 Å². The first-order valence-electron chi connectivity index (χ1n) is 10.3. The van der Waals surface area contributed by atoms with Crippen LogP contribution in [-0.4, -0.2) is 26.1 Å². The maximum atomic E-state index is 14.0. The quantitative estimate of drug-likeness (QED) is 0.172. The molecule has 0 saturated carbocycles. The summed E-state index contributed by atoms with van der Waals surface area (Å²) in [5.74, 6) is -0.939. The molecule has 0 radical (unpaired) electrons. The SMILES string of the molecule is C=CCn1c(SCC(=O)Nc2cc([N+](=O)[O-])ccc2F)nc2sc3c(c2c1=O)CCC(C)C3. The number of rotatable bonds is 7. The number of aromatic nitrogens is 2. The second-order valence-corrected chi connectivity index (χ2v) is 9.91. The molecule has 1 atom stereocenters. The number of non-ortho nitro benzene ring substituents is 1. The van der Waals surface area contributed by atoms with Gasteiger partial charge in [-0.2, -0.15) is 0 Å². The molecule has 0 fully saturated rings. The Morgan fingerprint density at radius 3 is 3.03 bits per heavy atom. The van der Waals surface area contributed by atoms with E-state index in [9.17, 15) is 24.1 Å². The van der Waals surface area contributed by atoms with E-state index in [1.54, 1.807) is 6.08 Å². The van der Waals surface area contributed by atoms with E-state index in [0.717, 1.165) is 54.8 Å². The third-order valence-electron chi connectivity index (χ3n) is 5.46. The third-order valence-corrected chi connectivity index (χ3v) is 7.58. The van der Waals surface area contributed by atoms with Crippen molar-refractivity contribution in [2.24, 2.45) is 5.92 Å². The van der Waals surface area contributed by atoms with Crippen LogP contribution in [0.1, 0.15) is 23.8 Å². The zero-order valence-corrected chi connectivity index (χ0v) is 19.4. The Balaban J connectivity index is 1.59. The number of anilines is 1. The van der Waals surface area contributed by atoms with Gasteiger partial charge in [-0.3, -0.25) is 24.3 Å². The van der Waals surface area contributed by atoms with Crippen molar-refractivity contribution in [3.05, 3.63) is 67.6 Å². The van der Waals surface area contributed by atoms with Crippen LogP contribution in [0.4, 0.5) is 15.8 Å². The average Bonchev–Trinajstić information content (AvgIpc) is 3.13. The van der Waals surface area contributed by atoms with Crippen LogP contribution >= 0.6 is 23.1 Å². The minimum absolute atomic E-state index is 0.153. The van der Waals surface area contributed by atoms with Gasteiger partial charge < -0.3 is 5.32 Å². The first-order valence-corrected chi connectivity index (χ1v) is 12.1. The number of halogens is 1. The number of thiophene rings is 1. The molecule has 3 aromatic rings. The predicted molar refractivity (Wildman–Crippen MR) is 128 cm³/mol. The van der Waals surface area contributed by atoms with Crippen LogP contribution in [0.25, 0.3) is 10.2 Å². The Bertz CT molecular complexity index is 1330. The zero-order chi connectivity index (χ0) is 23.7. The van der Waals surface area contributed by atoms with E-state index in [4.69, 9.17) is 0 Å². The number of carbonyl (C=O) groups is 1. The van der Waals surface area contributed by atoms with Crippen LogP contribution in [-0.2, 0) is 24.2 Å². The van der Waals surface area contributed by atoms with Crippen molar-refractivity contribution in [3.63, 3.8) is 0 Å². The van der Waals surface area contributed by atoms with Gasteiger partial charge in [-0.05, 0) is 36.8 Å². The molecule has 8 nitrogen and oxygen atoms in total. The fraction of sp³-hybridized carbons (Fsp3) is 0.318. The summed E-state index contributed by atoms with van der Waals surface area (Å²) in [5, 5.41) is 14.3. The fourth-order valence-electron chi connectivity index (χ4n) is 3.84. The number of nitrogens with zero attached hydrogens (tertiary/aromatic N) is 3. The van der Waals surface area contributed by atoms with Crippen molar-refractivity contribution in [2.75, 3.05) is 11.1 Å². The standard InChI is InChI=1S/C22H21FN4O4S2/c1-3-8-26-21(29)19-14-6-4-12(2)9-17(14)33-20(19)25-22(26)32-11-18(28)24-16-10-13(27(30)31)5-7-15(16)23/h3,5,7,10,12H,1,4,6,8-9,11H2,2H3,(H,24,28). The number of aryl methyl sites for hydroxylation is 1. The van der Waals surface area contributed by atoms with Crippen LogP contribution in [0, 0.1) is 21.8 Å². The molecule has 0 bridgehead atoms. The summed E-state index contributed by atoms with van der Waals surface area (Å²) in [7, 11) is 0. The monoisotopic (exact) mass is 488 g/mol. The largest absolute Gasteiger partial charge is 0.323 e. The van der Waals surface area contributed by atoms with Crippen molar-refractivity contribution in [1.82, 2.24) is 9.55 Å². The number of benzene rings is 1. The predicted octanol–water partition coefficient (Wildman–Crippen LogP) is 4.55. The summed E-state index contributed by atoms with van der Waals surface area (Å²) in [4.78, 5) is 42.5. The maximum Gasteiger partial charge on any atom is 0.271 e. The number of hydrogen-bond acceptors (Lipinski definition) is 7. The highest BCUT2D eigenvalue weighted by molar-refractivity contribution is 7.99. The molecule has 33 heavy (non-hydrogen) atoms. The Morgan fingerprint density at radius 2 is 2.30 bits per heavy atom. The lowest BCUT2D eigenvalue weighted by Gasteiger charge is -2.17. The van der Waals surface area contributed by atoms with Gasteiger partial charge in [0.05, 0.1) is 21.7 Å². The van der Waals surface area contributed by atoms with Crippen molar-refractivity contribution in [1.29, 1.82) is 0 Å². The van der Waals surface area contributed by atoms with Gasteiger partial charge >= 0.3 is 0 Å². The number of carbonyl (C=O) groups excluding carboxylic acids is 1. The molecule has 1 aliphatic rings. The molecule has 0 aliphatic heterocycles. The molecule has 1 unspecified atom stereocenters. The van der Waals surface area contributed by atoms with Crippen molar-refractivity contribution in [2.45, 2.75) is 37.9 Å². The summed E-state index contributed by atoms with van der Waals surface area (Å²) in [6, 6.07) is 2.92. The summed E-state index contributed by atoms with van der Waals surface area (Å²) in [6.45, 7) is 6.15. The van der Waals surface area contributed by atoms with E-state index < -0.39 is 16.6 Å². The number of nitro benzene ring substituents is 1. The van der Waals surface area contributed by atoms with Gasteiger partial charge in [-0.25, -0.2) is 9.37 Å². The van der Waals surface area contributed by atoms with Gasteiger partial charge in [-0.15, -0.1) is 17.9 Å². The van der Waals surface area contributed by atoms with Crippen LogP contribution in [0.2, 0.25) is 0 Å². The van der Waals surface area contributed by atoms with Gasteiger partial charge in [0, 0.05) is 23.6 Å². The highest BCUT2D eigenvalue weighted by Gasteiger charge is 2.25. The maximum absolute atomic E-state index is 14.0. The average molecular weight is 489 g/mol. The molecule has 0 spiro atoms. The first-order chi connectivity index (χ1) is 15.8. The van der Waals surface area contributed by atoms with Crippen molar-refractivity contribution in [3.8, 4) is 0 Å². The Labute approximate surface area is 196 Å². The Hall–Kier alpha value is -3.05. The lowest BCUT2D eigenvalue weighted by molar-refractivity contribution is -0.384. The lowest BCUT2D eigenvalue weighted by Crippen LogP contribution is -2.24. The molecule has 1 aliphatic carbocycles. The van der Waals surface area contributed by atoms with E-state index in [0.29, 0.717) is 21.3 Å². The van der Waals surface area contributed by atoms with E-state index in [2.05, 4.69) is 23.8 Å². The number of thioether (sulfide) groups is 1. The number of hydrogen-bond donors (Lipinski definition) is 1. The second-order valence-electron chi connectivity index (χ2n) is 7.89. The molecule has 1 amide bonds. The summed E-state index contributed by atoms with van der Waals surface area (Å²) in [5.41, 5.74) is 0.322. The third kappa shape index (κ3) is 4.69. The topological polar surface area (TPSA) is 107 Å². The lowest BCUT2D eigenvalue weighted by atomic mass is 9.89. The molecule has 2 aromatic heterocycles. The molecular weight excluding hydrogens is 467 g/mol. The highest BCUT2D eigenvalue weighted by atomic mass is 32.2. The molecule has 172 valence electrons. The number of amides is 1. The molecule has 0 saturated heterocycles. The minimum atomic E-state index is -0.777. The summed E-state index contributed by atoms with van der Waals surface area (Å²) in [6.07, 6.45) is 4.41. The van der Waals surface area contributed by atoms with Gasteiger partial charge in [0.25, 0.3) is 11.2 Å². The Morgan fingerprint density at radius 1 is 1.52 bits per heavy atom. The number of nitrogens with one attached hydrogen (secondary N) is 1. The minimum Gasteiger partial charge on any atom is -0.323 e. The molecule has 1 aromatic carbocycles. The van der Waals surface area contributed by atoms with Gasteiger partial charge in [0.15, 0.2) is 5.16 Å². The molecule has 4 rings (SSSR count). The Kier molecular flexibility index (Phi) is 6.61. The molecular formula is C22H21FN4O4S2. The summed E-state index contributed by atoms with van der Waals surface area (Å²) >= 11 is 2.57. The van der Waals surface area contributed by atoms with Crippen LogP contribution in [0.5, 0.6) is 0 Å². The van der Waals surface area contributed by atoms with Crippen LogP contribution in [0.15, 0.2) is 40.8 Å². The number of allylic oxidation sites excluding steroid dienone is 1. The number of nitro groups is 1. The zero-order valence-electron chi connectivity index (χ0n) is 17.8.